The second-order valence-corrected chi connectivity index (χ2v) is 5.35. The molecule has 4 rings (SSSR count). The summed E-state index contributed by atoms with van der Waals surface area (Å²) in [4.78, 5) is 8.36. The number of nitrogens with zero attached hydrogens (tertiary/aromatic N) is 4. The Balaban J connectivity index is 1.66. The van der Waals surface area contributed by atoms with Crippen LogP contribution in [0, 0.1) is 0 Å². The third-order valence-electron chi connectivity index (χ3n) is 3.05. The van der Waals surface area contributed by atoms with E-state index in [1.54, 1.807) is 6.20 Å². The molecule has 3 aromatic rings. The Hall–Kier alpha value is -2.81. The fourth-order valence-corrected chi connectivity index (χ4v) is 2.73. The summed E-state index contributed by atoms with van der Waals surface area (Å²) in [5, 5.41) is 9.93. The summed E-state index contributed by atoms with van der Waals surface area (Å²) in [6.07, 6.45) is 1.69. The second-order valence-electron chi connectivity index (χ2n) is 4.47. The van der Waals surface area contributed by atoms with E-state index in [0.717, 1.165) is 5.69 Å². The van der Waals surface area contributed by atoms with Crippen molar-refractivity contribution in [2.24, 2.45) is 0 Å². The molecule has 0 bridgehead atoms. The minimum absolute atomic E-state index is 0.263. The molecule has 0 fully saturated rings. The zero-order chi connectivity index (χ0) is 14.9. The average Bonchev–Trinajstić information content (AvgIpc) is 3.17. The highest BCUT2D eigenvalue weighted by molar-refractivity contribution is 7.12. The number of benzene rings is 1. The van der Waals surface area contributed by atoms with Crippen molar-refractivity contribution in [3.05, 3.63) is 29.8 Å². The summed E-state index contributed by atoms with van der Waals surface area (Å²) in [6, 6.07) is 5.60. The molecule has 22 heavy (non-hydrogen) atoms. The molecule has 112 valence electrons. The normalized spacial score (nSPS) is 13.1. The van der Waals surface area contributed by atoms with E-state index in [1.807, 2.05) is 23.6 Å². The number of nitrogen functional groups attached to an aromatic ring is 1. The molecule has 1 aliphatic rings. The molecule has 0 saturated heterocycles. The number of anilines is 3. The molecule has 2 aromatic heterocycles. The second kappa shape index (κ2) is 5.19. The number of hydrogen-bond acceptors (Lipinski definition) is 8. The maximum Gasteiger partial charge on any atom is 0.249 e. The number of aromatic nitrogens is 4. The van der Waals surface area contributed by atoms with Gasteiger partial charge in [0, 0.05) is 11.6 Å². The van der Waals surface area contributed by atoms with E-state index in [9.17, 15) is 0 Å². The van der Waals surface area contributed by atoms with Crippen LogP contribution in [0.5, 0.6) is 11.5 Å². The number of thiazole rings is 1. The average molecular weight is 316 g/mol. The summed E-state index contributed by atoms with van der Waals surface area (Å²) in [5.41, 5.74) is 6.61. The molecule has 0 aliphatic carbocycles. The van der Waals surface area contributed by atoms with Crippen LogP contribution in [-0.4, -0.2) is 33.0 Å². The summed E-state index contributed by atoms with van der Waals surface area (Å²) >= 11 is 1.43. The molecule has 0 spiro atoms. The lowest BCUT2D eigenvalue weighted by atomic mass is 10.2. The number of hydrogen-bond donors (Lipinski definition) is 2. The minimum atomic E-state index is 0.263. The first kappa shape index (κ1) is 12.9. The van der Waals surface area contributed by atoms with Gasteiger partial charge in [-0.15, -0.1) is 16.4 Å². The highest BCUT2D eigenvalue weighted by Crippen LogP contribution is 2.38. The Morgan fingerprint density at radius 2 is 2.18 bits per heavy atom. The van der Waals surface area contributed by atoms with E-state index >= 15 is 0 Å². The van der Waals surface area contributed by atoms with Gasteiger partial charge >= 0.3 is 0 Å². The van der Waals surface area contributed by atoms with Crippen LogP contribution >= 0.6 is 11.3 Å². The van der Waals surface area contributed by atoms with E-state index in [-0.39, 0.29) is 5.95 Å². The molecule has 0 saturated carbocycles. The van der Waals surface area contributed by atoms with Gasteiger partial charge in [0.1, 0.15) is 13.2 Å². The van der Waals surface area contributed by atoms with Crippen molar-refractivity contribution < 1.29 is 9.47 Å². The number of nitrogens with two attached hydrogens (primary N) is 1. The zero-order valence-electron chi connectivity index (χ0n) is 11.4. The molecule has 0 amide bonds. The Labute approximate surface area is 129 Å². The SMILES string of the molecule is Nc1nc(Nc2cccc3c2OCCO3)nn1-c1nccs1. The molecular weight excluding hydrogens is 304 g/mol. The van der Waals surface area contributed by atoms with Gasteiger partial charge in [-0.3, -0.25) is 0 Å². The molecular formula is C13H12N6O2S. The van der Waals surface area contributed by atoms with Crippen LogP contribution in [0.3, 0.4) is 0 Å². The fourth-order valence-electron chi connectivity index (χ4n) is 2.13. The molecule has 8 nitrogen and oxygen atoms in total. The van der Waals surface area contributed by atoms with Crippen LogP contribution in [-0.2, 0) is 0 Å². The highest BCUT2D eigenvalue weighted by Gasteiger charge is 2.18. The van der Waals surface area contributed by atoms with Crippen molar-refractivity contribution in [2.75, 3.05) is 24.3 Å². The maximum absolute atomic E-state index is 5.88. The van der Waals surface area contributed by atoms with Crippen molar-refractivity contribution in [3.63, 3.8) is 0 Å². The lowest BCUT2D eigenvalue weighted by Crippen LogP contribution is -2.16. The summed E-state index contributed by atoms with van der Waals surface area (Å²) < 4.78 is 12.7. The summed E-state index contributed by atoms with van der Waals surface area (Å²) in [7, 11) is 0. The predicted octanol–water partition coefficient (Wildman–Crippen LogP) is 1.82. The van der Waals surface area contributed by atoms with Crippen molar-refractivity contribution in [2.45, 2.75) is 0 Å². The van der Waals surface area contributed by atoms with Gasteiger partial charge in [0.15, 0.2) is 11.5 Å². The quantitative estimate of drug-likeness (QED) is 0.760. The summed E-state index contributed by atoms with van der Waals surface area (Å²) in [5.74, 6) is 1.98. The fraction of sp³-hybridized carbons (Fsp3) is 0.154. The van der Waals surface area contributed by atoms with E-state index in [1.165, 1.54) is 16.0 Å². The minimum Gasteiger partial charge on any atom is -0.486 e. The molecule has 9 heteroatoms. The Morgan fingerprint density at radius 3 is 3.05 bits per heavy atom. The molecule has 3 heterocycles. The molecule has 1 aromatic carbocycles. The Bertz CT molecular complexity index is 801. The first-order valence-corrected chi connectivity index (χ1v) is 7.47. The van der Waals surface area contributed by atoms with Crippen LogP contribution < -0.4 is 20.5 Å². The molecule has 0 atom stereocenters. The van der Waals surface area contributed by atoms with Crippen LogP contribution in [0.4, 0.5) is 17.6 Å². The van der Waals surface area contributed by atoms with Gasteiger partial charge in [-0.05, 0) is 12.1 Å². The topological polar surface area (TPSA) is 100 Å². The maximum atomic E-state index is 5.88. The van der Waals surface area contributed by atoms with Gasteiger partial charge in [-0.25, -0.2) is 4.98 Å². The van der Waals surface area contributed by atoms with E-state index < -0.39 is 0 Å². The molecule has 1 aliphatic heterocycles. The van der Waals surface area contributed by atoms with E-state index in [4.69, 9.17) is 15.2 Å². The van der Waals surface area contributed by atoms with Crippen LogP contribution in [0.1, 0.15) is 0 Å². The van der Waals surface area contributed by atoms with E-state index in [0.29, 0.717) is 35.8 Å². The predicted molar refractivity (Wildman–Crippen MR) is 82.2 cm³/mol. The third kappa shape index (κ3) is 2.21. The Morgan fingerprint density at radius 1 is 1.27 bits per heavy atom. The van der Waals surface area contributed by atoms with E-state index in [2.05, 4.69) is 20.4 Å². The Kier molecular flexibility index (Phi) is 3.04. The number of fused-ring (bicyclic) bond motifs is 1. The van der Waals surface area contributed by atoms with Crippen LogP contribution in [0.15, 0.2) is 29.8 Å². The van der Waals surface area contributed by atoms with Crippen LogP contribution in [0.25, 0.3) is 5.13 Å². The number of nitrogens with one attached hydrogen (secondary N) is 1. The van der Waals surface area contributed by atoms with Gasteiger partial charge in [0.2, 0.25) is 17.0 Å². The zero-order valence-corrected chi connectivity index (χ0v) is 12.2. The lowest BCUT2D eigenvalue weighted by molar-refractivity contribution is 0.172. The lowest BCUT2D eigenvalue weighted by Gasteiger charge is -2.20. The molecule has 0 radical (unpaired) electrons. The van der Waals surface area contributed by atoms with Crippen molar-refractivity contribution >= 4 is 28.9 Å². The molecule has 0 unspecified atom stereocenters. The first-order valence-electron chi connectivity index (χ1n) is 6.59. The number of rotatable bonds is 3. The van der Waals surface area contributed by atoms with Crippen LogP contribution in [0.2, 0.25) is 0 Å². The largest absolute Gasteiger partial charge is 0.486 e. The first-order chi connectivity index (χ1) is 10.8. The monoisotopic (exact) mass is 316 g/mol. The van der Waals surface area contributed by atoms with Crippen molar-refractivity contribution in [3.8, 4) is 16.6 Å². The molecule has 3 N–H and O–H groups in total. The smallest absolute Gasteiger partial charge is 0.249 e. The van der Waals surface area contributed by atoms with Gasteiger partial charge in [-0.2, -0.15) is 9.67 Å². The third-order valence-corrected chi connectivity index (χ3v) is 3.79. The number of para-hydroxylation sites is 1. The number of ether oxygens (including phenoxy) is 2. The van der Waals surface area contributed by atoms with Crippen molar-refractivity contribution in [1.29, 1.82) is 0 Å². The van der Waals surface area contributed by atoms with Gasteiger partial charge in [0.25, 0.3) is 0 Å². The summed E-state index contributed by atoms with van der Waals surface area (Å²) in [6.45, 7) is 1.05. The van der Waals surface area contributed by atoms with Gasteiger partial charge in [0.05, 0.1) is 5.69 Å². The highest BCUT2D eigenvalue weighted by atomic mass is 32.1. The van der Waals surface area contributed by atoms with Gasteiger partial charge < -0.3 is 20.5 Å². The van der Waals surface area contributed by atoms with Crippen molar-refractivity contribution in [1.82, 2.24) is 19.7 Å². The standard InChI is InChI=1S/C13H12N6O2S/c14-11-17-12(18-19(11)13-15-4-7-22-13)16-8-2-1-3-9-10(8)21-6-5-20-9/h1-4,7H,5-6H2,(H3,14,16,17,18). The van der Waals surface area contributed by atoms with Gasteiger partial charge in [-0.1, -0.05) is 6.07 Å².